The van der Waals surface area contributed by atoms with E-state index in [0.717, 1.165) is 71.7 Å². The lowest BCUT2D eigenvalue weighted by atomic mass is 9.98. The first kappa shape index (κ1) is 23.4. The minimum absolute atomic E-state index is 0.596. The molecule has 0 aromatic heterocycles. The number of hydrogen-bond donors (Lipinski definition) is 0. The zero-order valence-corrected chi connectivity index (χ0v) is 20.6. The quantitative estimate of drug-likeness (QED) is 0.540. The van der Waals surface area contributed by atoms with Crippen LogP contribution in [0.2, 0.25) is 0 Å². The number of benzene rings is 2. The van der Waals surface area contributed by atoms with Crippen LogP contribution in [0.3, 0.4) is 0 Å². The Labute approximate surface area is 198 Å². The van der Waals surface area contributed by atoms with Gasteiger partial charge in [0.05, 0.1) is 28.4 Å². The van der Waals surface area contributed by atoms with E-state index in [1.807, 2.05) is 0 Å². The van der Waals surface area contributed by atoms with Gasteiger partial charge in [-0.3, -0.25) is 0 Å². The van der Waals surface area contributed by atoms with Crippen LogP contribution in [0.1, 0.15) is 49.7 Å². The molecule has 0 atom stereocenters. The van der Waals surface area contributed by atoms with Gasteiger partial charge >= 0.3 is 0 Å². The van der Waals surface area contributed by atoms with Crippen LogP contribution in [0, 0.1) is 0 Å². The van der Waals surface area contributed by atoms with Crippen molar-refractivity contribution >= 4 is 11.4 Å². The van der Waals surface area contributed by atoms with Crippen molar-refractivity contribution in [3.63, 3.8) is 0 Å². The molecule has 0 N–H and O–H groups in total. The number of anilines is 2. The third-order valence-corrected chi connectivity index (χ3v) is 6.98. The van der Waals surface area contributed by atoms with Gasteiger partial charge in [-0.1, -0.05) is 0 Å². The summed E-state index contributed by atoms with van der Waals surface area (Å²) in [7, 11) is 6.91. The Hall–Kier alpha value is -2.76. The van der Waals surface area contributed by atoms with E-state index in [4.69, 9.17) is 18.9 Å². The first-order chi connectivity index (χ1) is 16.2. The lowest BCUT2D eigenvalue weighted by molar-refractivity contribution is 0.377. The second-order valence-electron chi connectivity index (χ2n) is 8.93. The van der Waals surface area contributed by atoms with Gasteiger partial charge in [0.25, 0.3) is 0 Å². The molecule has 2 aromatic rings. The van der Waals surface area contributed by atoms with Gasteiger partial charge in [0.2, 0.25) is 0 Å². The summed E-state index contributed by atoms with van der Waals surface area (Å²) in [5.41, 5.74) is 4.32. The molecule has 0 radical (unpaired) electrons. The van der Waals surface area contributed by atoms with Crippen LogP contribution in [-0.4, -0.2) is 54.6 Å². The molecule has 180 valence electrons. The average Bonchev–Trinajstić information content (AvgIpc) is 2.89. The van der Waals surface area contributed by atoms with Crippen LogP contribution >= 0.6 is 0 Å². The Morgan fingerprint density at radius 1 is 0.515 bits per heavy atom. The summed E-state index contributed by atoms with van der Waals surface area (Å²) in [6, 6.07) is 8.57. The number of methoxy groups -OCH3 is 4. The van der Waals surface area contributed by atoms with Crippen molar-refractivity contribution < 1.29 is 18.9 Å². The first-order valence-electron chi connectivity index (χ1n) is 12.2. The largest absolute Gasteiger partial charge is 0.496 e. The highest BCUT2D eigenvalue weighted by atomic mass is 16.5. The maximum absolute atomic E-state index is 5.86. The molecule has 0 bridgehead atoms. The van der Waals surface area contributed by atoms with Crippen LogP contribution < -0.4 is 28.7 Å². The molecular weight excluding hydrogens is 416 g/mol. The third-order valence-electron chi connectivity index (χ3n) is 6.98. The van der Waals surface area contributed by atoms with Crippen molar-refractivity contribution in [2.75, 3.05) is 64.4 Å². The Kier molecular flexibility index (Phi) is 7.73. The Balaban J connectivity index is 1.71. The second kappa shape index (κ2) is 10.9. The minimum atomic E-state index is 0.596. The fourth-order valence-corrected chi connectivity index (χ4v) is 5.14. The summed E-state index contributed by atoms with van der Waals surface area (Å²) >= 11 is 0. The van der Waals surface area contributed by atoms with E-state index in [9.17, 15) is 0 Å². The summed E-state index contributed by atoms with van der Waals surface area (Å²) < 4.78 is 23.4. The van der Waals surface area contributed by atoms with E-state index < -0.39 is 0 Å². The van der Waals surface area contributed by atoms with E-state index in [0.29, 0.717) is 6.42 Å². The molecule has 2 aliphatic rings. The highest BCUT2D eigenvalue weighted by Crippen LogP contribution is 2.42. The predicted octanol–water partition coefficient (Wildman–Crippen LogP) is 5.29. The molecule has 4 rings (SSSR count). The summed E-state index contributed by atoms with van der Waals surface area (Å²) in [5, 5.41) is 0. The number of ether oxygens (including phenoxy) is 4. The van der Waals surface area contributed by atoms with Crippen LogP contribution in [0.25, 0.3) is 0 Å². The van der Waals surface area contributed by atoms with Crippen LogP contribution in [-0.2, 0) is 6.42 Å². The van der Waals surface area contributed by atoms with Crippen molar-refractivity contribution in [2.45, 2.75) is 44.9 Å². The topological polar surface area (TPSA) is 43.4 Å². The normalized spacial score (nSPS) is 16.5. The molecular formula is C27H38N2O4. The van der Waals surface area contributed by atoms with Gasteiger partial charge in [0, 0.05) is 79.4 Å². The Morgan fingerprint density at radius 2 is 0.818 bits per heavy atom. The smallest absolute Gasteiger partial charge is 0.128 e. The van der Waals surface area contributed by atoms with E-state index in [-0.39, 0.29) is 0 Å². The molecule has 0 saturated carbocycles. The fourth-order valence-electron chi connectivity index (χ4n) is 5.14. The lowest BCUT2D eigenvalue weighted by Gasteiger charge is -2.30. The van der Waals surface area contributed by atoms with Crippen LogP contribution in [0.5, 0.6) is 23.0 Å². The number of hydrogen-bond acceptors (Lipinski definition) is 6. The maximum atomic E-state index is 5.86. The zero-order chi connectivity index (χ0) is 23.2. The minimum Gasteiger partial charge on any atom is -0.496 e. The Morgan fingerprint density at radius 3 is 1.09 bits per heavy atom. The molecule has 0 spiro atoms. The average molecular weight is 455 g/mol. The maximum Gasteiger partial charge on any atom is 0.128 e. The van der Waals surface area contributed by atoms with E-state index >= 15 is 0 Å². The highest BCUT2D eigenvalue weighted by molar-refractivity contribution is 5.65. The molecule has 2 heterocycles. The van der Waals surface area contributed by atoms with E-state index in [1.54, 1.807) is 28.4 Å². The lowest BCUT2D eigenvalue weighted by Crippen LogP contribution is -2.29. The highest BCUT2D eigenvalue weighted by Gasteiger charge is 2.23. The second-order valence-corrected chi connectivity index (χ2v) is 8.93. The summed E-state index contributed by atoms with van der Waals surface area (Å²) in [6.45, 7) is 4.30. The van der Waals surface area contributed by atoms with E-state index in [1.165, 1.54) is 38.5 Å². The monoisotopic (exact) mass is 454 g/mol. The van der Waals surface area contributed by atoms with Gasteiger partial charge < -0.3 is 28.7 Å². The number of nitrogens with zero attached hydrogens (tertiary/aromatic N) is 2. The van der Waals surface area contributed by atoms with Gasteiger partial charge in [-0.25, -0.2) is 0 Å². The number of piperidine rings is 2. The zero-order valence-electron chi connectivity index (χ0n) is 20.6. The van der Waals surface area contributed by atoms with Gasteiger partial charge in [-0.2, -0.15) is 0 Å². The standard InChI is InChI=1S/C27H38N2O4/c1-30-24-15-20(28-11-7-5-8-12-28)16-25(31-2)22(24)19-23-26(32-3)17-21(18-27(23)33-4)29-13-9-6-10-14-29/h15-18H,5-14,19H2,1-4H3. The molecule has 6 nitrogen and oxygen atoms in total. The number of rotatable bonds is 8. The third kappa shape index (κ3) is 5.10. The molecule has 2 aliphatic heterocycles. The molecule has 2 aromatic carbocycles. The van der Waals surface area contributed by atoms with Gasteiger partial charge in [-0.05, 0) is 38.5 Å². The molecule has 0 aliphatic carbocycles. The fraction of sp³-hybridized carbons (Fsp3) is 0.556. The van der Waals surface area contributed by atoms with Crippen molar-refractivity contribution in [1.29, 1.82) is 0 Å². The molecule has 2 fully saturated rings. The van der Waals surface area contributed by atoms with Crippen molar-refractivity contribution in [3.8, 4) is 23.0 Å². The van der Waals surface area contributed by atoms with Crippen LogP contribution in [0.4, 0.5) is 11.4 Å². The summed E-state index contributed by atoms with van der Waals surface area (Å²) in [5.74, 6) is 3.33. The van der Waals surface area contributed by atoms with Crippen LogP contribution in [0.15, 0.2) is 24.3 Å². The van der Waals surface area contributed by atoms with Crippen molar-refractivity contribution in [3.05, 3.63) is 35.4 Å². The Bertz CT molecular complexity index is 808. The van der Waals surface area contributed by atoms with Gasteiger partial charge in [-0.15, -0.1) is 0 Å². The molecule has 2 saturated heterocycles. The van der Waals surface area contributed by atoms with E-state index in [2.05, 4.69) is 34.1 Å². The SMILES string of the molecule is COc1cc(N2CCCCC2)cc(OC)c1Cc1c(OC)cc(N2CCCCC2)cc1OC. The molecule has 0 unspecified atom stereocenters. The van der Waals surface area contributed by atoms with Gasteiger partial charge in [0.15, 0.2) is 0 Å². The van der Waals surface area contributed by atoms with Gasteiger partial charge in [0.1, 0.15) is 23.0 Å². The predicted molar refractivity (Wildman–Crippen MR) is 134 cm³/mol. The molecule has 0 amide bonds. The summed E-state index contributed by atoms with van der Waals surface area (Å²) in [4.78, 5) is 4.85. The van der Waals surface area contributed by atoms with Crippen molar-refractivity contribution in [1.82, 2.24) is 0 Å². The molecule has 6 heteroatoms. The van der Waals surface area contributed by atoms with Crippen molar-refractivity contribution in [2.24, 2.45) is 0 Å². The molecule has 33 heavy (non-hydrogen) atoms. The summed E-state index contributed by atoms with van der Waals surface area (Å²) in [6.07, 6.45) is 8.10. The first-order valence-corrected chi connectivity index (χ1v) is 12.2.